The molecule has 0 radical (unpaired) electrons. The Morgan fingerprint density at radius 2 is 2.06 bits per heavy atom. The highest BCUT2D eigenvalue weighted by Crippen LogP contribution is 2.41. The van der Waals surface area contributed by atoms with Gasteiger partial charge in [0.05, 0.1) is 6.10 Å². The number of ether oxygens (including phenoxy) is 1. The van der Waals surface area contributed by atoms with Crippen molar-refractivity contribution in [3.63, 3.8) is 0 Å². The predicted molar refractivity (Wildman–Crippen MR) is 63.3 cm³/mol. The van der Waals surface area contributed by atoms with Gasteiger partial charge in [-0.25, -0.2) is 0 Å². The first-order chi connectivity index (χ1) is 7.60. The van der Waals surface area contributed by atoms with Crippen LogP contribution in [0.15, 0.2) is 24.3 Å². The third-order valence-electron chi connectivity index (χ3n) is 2.91. The number of benzene rings is 1. The van der Waals surface area contributed by atoms with Gasteiger partial charge in [-0.2, -0.15) is 0 Å². The highest BCUT2D eigenvalue weighted by atomic mass is 16.5. The molecule has 1 aromatic carbocycles. The van der Waals surface area contributed by atoms with Crippen molar-refractivity contribution in [1.29, 1.82) is 0 Å². The molecular formula is C13H17NO2. The molecule has 1 N–H and O–H groups in total. The molecule has 1 unspecified atom stereocenters. The summed E-state index contributed by atoms with van der Waals surface area (Å²) in [5.74, 6) is -0.0510. The molecule has 0 spiro atoms. The summed E-state index contributed by atoms with van der Waals surface area (Å²) >= 11 is 0. The molecule has 3 nitrogen and oxygen atoms in total. The normalized spacial score (nSPS) is 23.4. The van der Waals surface area contributed by atoms with Gasteiger partial charge < -0.3 is 10.1 Å². The Labute approximate surface area is 95.8 Å². The van der Waals surface area contributed by atoms with Gasteiger partial charge in [-0.15, -0.1) is 0 Å². The SMILES string of the molecule is CCC1(OC(C)C)C(=O)Nc2ccccc21. The average molecular weight is 219 g/mol. The summed E-state index contributed by atoms with van der Waals surface area (Å²) in [7, 11) is 0. The molecule has 0 fully saturated rings. The van der Waals surface area contributed by atoms with E-state index in [2.05, 4.69) is 5.32 Å². The van der Waals surface area contributed by atoms with Crippen LogP contribution in [0.1, 0.15) is 32.8 Å². The lowest BCUT2D eigenvalue weighted by atomic mass is 9.92. The predicted octanol–water partition coefficient (Wildman–Crippen LogP) is 2.67. The summed E-state index contributed by atoms with van der Waals surface area (Å²) in [6.45, 7) is 5.88. The number of amides is 1. The second-order valence-corrected chi connectivity index (χ2v) is 4.35. The summed E-state index contributed by atoms with van der Waals surface area (Å²) in [6, 6.07) is 7.72. The molecule has 0 saturated heterocycles. The van der Waals surface area contributed by atoms with E-state index < -0.39 is 5.60 Å². The molecule has 1 aliphatic rings. The molecule has 16 heavy (non-hydrogen) atoms. The lowest BCUT2D eigenvalue weighted by molar-refractivity contribution is -0.148. The Balaban J connectivity index is 2.49. The number of hydrogen-bond donors (Lipinski definition) is 1. The summed E-state index contributed by atoms with van der Waals surface area (Å²) in [4.78, 5) is 12.1. The van der Waals surface area contributed by atoms with Crippen LogP contribution < -0.4 is 5.32 Å². The fourth-order valence-corrected chi connectivity index (χ4v) is 2.24. The van der Waals surface area contributed by atoms with Crippen LogP contribution in [0, 0.1) is 0 Å². The van der Waals surface area contributed by atoms with Crippen LogP contribution in [0.2, 0.25) is 0 Å². The summed E-state index contributed by atoms with van der Waals surface area (Å²) in [5.41, 5.74) is 1.02. The van der Waals surface area contributed by atoms with Crippen LogP contribution in [0.5, 0.6) is 0 Å². The molecule has 3 heteroatoms. The van der Waals surface area contributed by atoms with Crippen molar-refractivity contribution in [3.05, 3.63) is 29.8 Å². The molecular weight excluding hydrogens is 202 g/mol. The topological polar surface area (TPSA) is 38.3 Å². The van der Waals surface area contributed by atoms with Crippen LogP contribution in [0.25, 0.3) is 0 Å². The van der Waals surface area contributed by atoms with Gasteiger partial charge in [0.1, 0.15) is 0 Å². The molecule has 1 aliphatic heterocycles. The van der Waals surface area contributed by atoms with E-state index in [0.717, 1.165) is 11.3 Å². The van der Waals surface area contributed by atoms with E-state index in [9.17, 15) is 4.79 Å². The fraction of sp³-hybridized carbons (Fsp3) is 0.462. The molecule has 0 aliphatic carbocycles. The Morgan fingerprint density at radius 3 is 2.69 bits per heavy atom. The first kappa shape index (κ1) is 11.1. The lowest BCUT2D eigenvalue weighted by Crippen LogP contribution is -2.38. The minimum Gasteiger partial charge on any atom is -0.358 e. The molecule has 0 bridgehead atoms. The quantitative estimate of drug-likeness (QED) is 0.848. The minimum absolute atomic E-state index is 0.0249. The van der Waals surface area contributed by atoms with E-state index >= 15 is 0 Å². The number of anilines is 1. The number of para-hydroxylation sites is 1. The zero-order chi connectivity index (χ0) is 11.8. The molecule has 1 heterocycles. The Kier molecular flexibility index (Phi) is 2.72. The second kappa shape index (κ2) is 3.91. The van der Waals surface area contributed by atoms with E-state index in [1.807, 2.05) is 45.0 Å². The van der Waals surface area contributed by atoms with Gasteiger partial charge in [-0.05, 0) is 26.3 Å². The van der Waals surface area contributed by atoms with Crippen molar-refractivity contribution in [2.75, 3.05) is 5.32 Å². The number of rotatable bonds is 3. The van der Waals surface area contributed by atoms with Crippen LogP contribution >= 0.6 is 0 Å². The van der Waals surface area contributed by atoms with E-state index in [4.69, 9.17) is 4.74 Å². The van der Waals surface area contributed by atoms with Gasteiger partial charge in [0.2, 0.25) is 0 Å². The smallest absolute Gasteiger partial charge is 0.261 e. The highest BCUT2D eigenvalue weighted by Gasteiger charge is 2.46. The molecule has 0 aromatic heterocycles. The van der Waals surface area contributed by atoms with Gasteiger partial charge >= 0.3 is 0 Å². The molecule has 1 aromatic rings. The van der Waals surface area contributed by atoms with Gasteiger partial charge in [0.15, 0.2) is 5.60 Å². The lowest BCUT2D eigenvalue weighted by Gasteiger charge is -2.28. The molecule has 1 amide bonds. The molecule has 2 rings (SSSR count). The highest BCUT2D eigenvalue weighted by molar-refractivity contribution is 6.05. The standard InChI is InChI=1S/C13H17NO2/c1-4-13(16-9(2)3)10-7-5-6-8-11(10)14-12(13)15/h5-9H,4H2,1-3H3,(H,14,15). The minimum atomic E-state index is -0.801. The average Bonchev–Trinajstić information content (AvgIpc) is 2.52. The van der Waals surface area contributed by atoms with Gasteiger partial charge in [-0.3, -0.25) is 4.79 Å². The number of carbonyl (C=O) groups excluding carboxylic acids is 1. The van der Waals surface area contributed by atoms with E-state index in [1.54, 1.807) is 0 Å². The van der Waals surface area contributed by atoms with Crippen molar-refractivity contribution in [2.24, 2.45) is 0 Å². The molecule has 0 saturated carbocycles. The zero-order valence-electron chi connectivity index (χ0n) is 9.91. The molecule has 86 valence electrons. The monoisotopic (exact) mass is 219 g/mol. The maximum Gasteiger partial charge on any atom is 0.261 e. The maximum absolute atomic E-state index is 12.1. The summed E-state index contributed by atoms with van der Waals surface area (Å²) in [6.07, 6.45) is 0.672. The van der Waals surface area contributed by atoms with Crippen molar-refractivity contribution in [2.45, 2.75) is 38.9 Å². The van der Waals surface area contributed by atoms with E-state index in [0.29, 0.717) is 6.42 Å². The number of fused-ring (bicyclic) bond motifs is 1. The van der Waals surface area contributed by atoms with Gasteiger partial charge in [0.25, 0.3) is 5.91 Å². The van der Waals surface area contributed by atoms with E-state index in [-0.39, 0.29) is 12.0 Å². The number of nitrogens with one attached hydrogen (secondary N) is 1. The first-order valence-electron chi connectivity index (χ1n) is 5.69. The van der Waals surface area contributed by atoms with Crippen molar-refractivity contribution >= 4 is 11.6 Å². The number of carbonyl (C=O) groups is 1. The summed E-state index contributed by atoms with van der Waals surface area (Å²) < 4.78 is 5.87. The van der Waals surface area contributed by atoms with Crippen molar-refractivity contribution in [3.8, 4) is 0 Å². The van der Waals surface area contributed by atoms with Crippen LogP contribution in [-0.2, 0) is 15.1 Å². The largest absolute Gasteiger partial charge is 0.358 e. The fourth-order valence-electron chi connectivity index (χ4n) is 2.24. The third kappa shape index (κ3) is 1.52. The zero-order valence-corrected chi connectivity index (χ0v) is 9.91. The Morgan fingerprint density at radius 1 is 1.38 bits per heavy atom. The van der Waals surface area contributed by atoms with Crippen LogP contribution in [-0.4, -0.2) is 12.0 Å². The van der Waals surface area contributed by atoms with E-state index in [1.165, 1.54) is 0 Å². The Bertz CT molecular complexity index is 414. The van der Waals surface area contributed by atoms with Gasteiger partial charge in [0, 0.05) is 11.3 Å². The second-order valence-electron chi connectivity index (χ2n) is 4.35. The summed E-state index contributed by atoms with van der Waals surface area (Å²) in [5, 5.41) is 2.88. The van der Waals surface area contributed by atoms with Crippen LogP contribution in [0.3, 0.4) is 0 Å². The van der Waals surface area contributed by atoms with Crippen molar-refractivity contribution in [1.82, 2.24) is 0 Å². The number of hydrogen-bond acceptors (Lipinski definition) is 2. The van der Waals surface area contributed by atoms with Crippen molar-refractivity contribution < 1.29 is 9.53 Å². The van der Waals surface area contributed by atoms with Crippen LogP contribution in [0.4, 0.5) is 5.69 Å². The Hall–Kier alpha value is -1.35. The van der Waals surface area contributed by atoms with Gasteiger partial charge in [-0.1, -0.05) is 25.1 Å². The molecule has 1 atom stereocenters. The first-order valence-corrected chi connectivity index (χ1v) is 5.69. The third-order valence-corrected chi connectivity index (χ3v) is 2.91. The maximum atomic E-state index is 12.1.